The average Bonchev–Trinajstić information content (AvgIpc) is 3.80. The van der Waals surface area contributed by atoms with Crippen LogP contribution in [0.5, 0.6) is 0 Å². The lowest BCUT2D eigenvalue weighted by atomic mass is 9.79. The van der Waals surface area contributed by atoms with Crippen molar-refractivity contribution in [2.45, 2.75) is 90.9 Å². The van der Waals surface area contributed by atoms with Crippen LogP contribution in [0.15, 0.2) is 36.7 Å². The molecule has 10 nitrogen and oxygen atoms in total. The summed E-state index contributed by atoms with van der Waals surface area (Å²) in [7, 11) is 0. The summed E-state index contributed by atoms with van der Waals surface area (Å²) >= 11 is 0. The van der Waals surface area contributed by atoms with Gasteiger partial charge in [0.2, 0.25) is 0 Å². The van der Waals surface area contributed by atoms with Crippen molar-refractivity contribution in [1.82, 2.24) is 39.7 Å². The zero-order chi connectivity index (χ0) is 30.1. The molecule has 2 aliphatic rings. The highest BCUT2D eigenvalue weighted by atomic mass is 19.1. The summed E-state index contributed by atoms with van der Waals surface area (Å²) < 4.78 is 19.7. The summed E-state index contributed by atoms with van der Waals surface area (Å²) in [6.45, 7) is 7.88. The third kappa shape index (κ3) is 5.57. The van der Waals surface area contributed by atoms with Crippen molar-refractivity contribution in [3.8, 4) is 0 Å². The molecule has 0 bridgehead atoms. The molecule has 2 N–H and O–H groups in total. The molecule has 2 atom stereocenters. The summed E-state index contributed by atoms with van der Waals surface area (Å²) in [5.74, 6) is 0.613. The first-order valence-corrected chi connectivity index (χ1v) is 15.7. The first kappa shape index (κ1) is 29.1. The van der Waals surface area contributed by atoms with Crippen molar-refractivity contribution in [3.05, 3.63) is 65.3 Å². The van der Waals surface area contributed by atoms with Crippen LogP contribution in [0.25, 0.3) is 11.0 Å². The van der Waals surface area contributed by atoms with Gasteiger partial charge < -0.3 is 15.2 Å². The lowest BCUT2D eigenvalue weighted by Crippen LogP contribution is -2.39. The van der Waals surface area contributed by atoms with E-state index in [2.05, 4.69) is 27.4 Å². The number of carbonyl (C=O) groups excluding carboxylic acids is 2. The van der Waals surface area contributed by atoms with Gasteiger partial charge >= 0.3 is 0 Å². The van der Waals surface area contributed by atoms with Gasteiger partial charge in [-0.05, 0) is 76.0 Å². The Bertz CT molecular complexity index is 1600. The highest BCUT2D eigenvalue weighted by Crippen LogP contribution is 2.39. The summed E-state index contributed by atoms with van der Waals surface area (Å²) in [5, 5.41) is 11.7. The second-order valence-corrected chi connectivity index (χ2v) is 12.0. The van der Waals surface area contributed by atoms with Crippen LogP contribution in [-0.4, -0.2) is 52.8 Å². The summed E-state index contributed by atoms with van der Waals surface area (Å²) in [4.78, 5) is 37.0. The van der Waals surface area contributed by atoms with Gasteiger partial charge in [0, 0.05) is 37.6 Å². The van der Waals surface area contributed by atoms with Gasteiger partial charge in [-0.15, -0.1) is 0 Å². The minimum atomic E-state index is -0.417. The Kier molecular flexibility index (Phi) is 8.32. The number of H-pyrrole nitrogens is 1. The Labute approximate surface area is 251 Å². The molecule has 228 valence electrons. The largest absolute Gasteiger partial charge is 0.340 e. The number of fused-ring (bicyclic) bond motifs is 1. The molecule has 43 heavy (non-hydrogen) atoms. The van der Waals surface area contributed by atoms with Crippen LogP contribution < -0.4 is 5.32 Å². The molecule has 0 spiro atoms. The zero-order valence-electron chi connectivity index (χ0n) is 25.2. The van der Waals surface area contributed by atoms with Crippen LogP contribution in [0.1, 0.15) is 110 Å². The summed E-state index contributed by atoms with van der Waals surface area (Å²) in [5.41, 5.74) is 2.30. The molecule has 1 unspecified atom stereocenters. The number of hydrogen-bond donors (Lipinski definition) is 2. The number of likely N-dealkylation sites (tertiary alicyclic amines) is 1. The molecule has 3 aromatic heterocycles. The molecular formula is C32H41FN8O2. The summed E-state index contributed by atoms with van der Waals surface area (Å²) in [6, 6.07) is 6.29. The Balaban J connectivity index is 1.33. The van der Waals surface area contributed by atoms with Gasteiger partial charge in [0.15, 0.2) is 5.82 Å². The molecule has 4 aromatic rings. The smallest absolute Gasteiger partial charge is 0.272 e. The van der Waals surface area contributed by atoms with Crippen LogP contribution in [0.3, 0.4) is 0 Å². The van der Waals surface area contributed by atoms with E-state index in [1.54, 1.807) is 44.9 Å². The van der Waals surface area contributed by atoms with E-state index in [-0.39, 0.29) is 23.2 Å². The number of nitrogens with zero attached hydrogens (tertiary/aromatic N) is 6. The first-order valence-electron chi connectivity index (χ1n) is 15.7. The third-order valence-corrected chi connectivity index (χ3v) is 9.36. The topological polar surface area (TPSA) is 114 Å². The van der Waals surface area contributed by atoms with E-state index < -0.39 is 17.9 Å². The molecule has 1 aromatic carbocycles. The van der Waals surface area contributed by atoms with Crippen LogP contribution >= 0.6 is 0 Å². The number of piperidine rings is 1. The number of carbonyl (C=O) groups is 2. The molecule has 1 saturated carbocycles. The van der Waals surface area contributed by atoms with Crippen molar-refractivity contribution >= 4 is 22.8 Å². The van der Waals surface area contributed by atoms with E-state index in [0.29, 0.717) is 60.3 Å². The van der Waals surface area contributed by atoms with Crippen molar-refractivity contribution in [3.63, 3.8) is 0 Å². The molecule has 4 heterocycles. The molecule has 0 radical (unpaired) electrons. The lowest BCUT2D eigenvalue weighted by molar-refractivity contribution is 0.0594. The maximum Gasteiger partial charge on any atom is 0.272 e. The molecule has 1 saturated heterocycles. The maximum absolute atomic E-state index is 16.4. The van der Waals surface area contributed by atoms with Crippen molar-refractivity contribution in [2.75, 3.05) is 6.54 Å². The quantitative estimate of drug-likeness (QED) is 0.270. The maximum atomic E-state index is 16.4. The first-order chi connectivity index (χ1) is 20.9. The number of aromatic amines is 1. The van der Waals surface area contributed by atoms with Gasteiger partial charge in [-0.2, -0.15) is 10.2 Å². The average molecular weight is 589 g/mol. The van der Waals surface area contributed by atoms with Gasteiger partial charge in [0.25, 0.3) is 11.8 Å². The van der Waals surface area contributed by atoms with Gasteiger partial charge in [-0.3, -0.25) is 19.0 Å². The number of aryl methyl sites for hydroxylation is 2. The fraction of sp³-hybridized carbons (Fsp3) is 0.531. The second kappa shape index (κ2) is 12.3. The number of nitrogens with one attached hydrogen (secondary N) is 2. The van der Waals surface area contributed by atoms with E-state index >= 15 is 4.39 Å². The Morgan fingerprint density at radius 2 is 1.67 bits per heavy atom. The Morgan fingerprint density at radius 1 is 0.977 bits per heavy atom. The lowest BCUT2D eigenvalue weighted by Gasteiger charge is -2.36. The molecule has 2 amide bonds. The second-order valence-electron chi connectivity index (χ2n) is 12.0. The van der Waals surface area contributed by atoms with E-state index in [9.17, 15) is 9.59 Å². The standard InChI is InChI=1S/C32H41FN8O2/c1-4-40-25(15-17-34-40)31(42)38-28(21-11-9-20(3)10-12-21)30-36-23-14-13-22(27(33)29(23)37-30)24-8-6-7-19-39(24)32(43)26-16-18-35-41(26)5-2/h13-18,20-21,24,28H,4-12,19H2,1-3H3,(H,36,37)(H,38,42)/t20-,21-,24?,28-/m0/s1. The Hall–Kier alpha value is -4.02. The monoisotopic (exact) mass is 588 g/mol. The molecule has 11 heteroatoms. The normalized spacial score (nSPS) is 21.7. The van der Waals surface area contributed by atoms with Crippen LogP contribution in [0.4, 0.5) is 4.39 Å². The van der Waals surface area contributed by atoms with E-state index in [1.807, 2.05) is 19.9 Å². The SMILES string of the molecule is CCn1nccc1C(=O)N[C@H](c1nc2c(F)c(C3CCCCN3C(=O)c3ccnn3CC)ccc2[nH]1)[C@H]1CC[C@H](C)CC1. The molecule has 1 aliphatic heterocycles. The number of amides is 2. The van der Waals surface area contributed by atoms with Gasteiger partial charge in [0.1, 0.15) is 22.7 Å². The highest BCUT2D eigenvalue weighted by Gasteiger charge is 2.35. The van der Waals surface area contributed by atoms with Gasteiger partial charge in [-0.25, -0.2) is 9.37 Å². The van der Waals surface area contributed by atoms with Crippen LogP contribution in [0, 0.1) is 17.7 Å². The summed E-state index contributed by atoms with van der Waals surface area (Å²) in [6.07, 6.45) is 9.78. The van der Waals surface area contributed by atoms with Gasteiger partial charge in [0.05, 0.1) is 17.6 Å². The minimum Gasteiger partial charge on any atom is -0.340 e. The van der Waals surface area contributed by atoms with Crippen molar-refractivity contribution in [2.24, 2.45) is 11.8 Å². The van der Waals surface area contributed by atoms with E-state index in [4.69, 9.17) is 4.98 Å². The van der Waals surface area contributed by atoms with Crippen molar-refractivity contribution in [1.29, 1.82) is 0 Å². The number of hydrogen-bond acceptors (Lipinski definition) is 5. The predicted molar refractivity (Wildman–Crippen MR) is 161 cm³/mol. The van der Waals surface area contributed by atoms with Gasteiger partial charge in [-0.1, -0.05) is 25.8 Å². The fourth-order valence-corrected chi connectivity index (χ4v) is 6.91. The number of rotatable bonds is 8. The molecule has 2 fully saturated rings. The van der Waals surface area contributed by atoms with E-state index in [0.717, 1.165) is 38.5 Å². The number of halogens is 1. The van der Waals surface area contributed by atoms with Crippen LogP contribution in [0.2, 0.25) is 0 Å². The molecule has 1 aliphatic carbocycles. The van der Waals surface area contributed by atoms with Crippen LogP contribution in [-0.2, 0) is 13.1 Å². The number of benzene rings is 1. The molecule has 6 rings (SSSR count). The minimum absolute atomic E-state index is 0.133. The third-order valence-electron chi connectivity index (χ3n) is 9.36. The number of aromatic nitrogens is 6. The van der Waals surface area contributed by atoms with E-state index in [1.165, 1.54) is 0 Å². The zero-order valence-corrected chi connectivity index (χ0v) is 25.2. The van der Waals surface area contributed by atoms with Crippen molar-refractivity contribution < 1.29 is 14.0 Å². The predicted octanol–water partition coefficient (Wildman–Crippen LogP) is 5.80. The fourth-order valence-electron chi connectivity index (χ4n) is 6.91. The number of imidazole rings is 1. The Morgan fingerprint density at radius 3 is 2.40 bits per heavy atom. The molecular weight excluding hydrogens is 547 g/mol. The highest BCUT2D eigenvalue weighted by molar-refractivity contribution is 5.93.